The number of hydrogen-bond donors (Lipinski definition) is 1. The Balaban J connectivity index is 1.73. The number of carbonyl (C=O) groups is 1. The minimum atomic E-state index is -0.204. The summed E-state index contributed by atoms with van der Waals surface area (Å²) in [5, 5.41) is 7.66. The number of amides is 1. The Bertz CT molecular complexity index is 641. The summed E-state index contributed by atoms with van der Waals surface area (Å²) in [5.41, 5.74) is 0.361. The van der Waals surface area contributed by atoms with E-state index in [4.69, 9.17) is 21.1 Å². The van der Waals surface area contributed by atoms with Crippen LogP contribution in [0, 0.1) is 0 Å². The topological polar surface area (TPSA) is 65.4 Å². The standard InChI is InChI=1S/C17H22ClN3O3/c1-13(2)23-11-3-9-19-17(22)16-8-10-21(20-16)12-24-15-6-4-14(18)5-7-15/h4-8,10,13H,3,9,11-12H2,1-2H3,(H,19,22). The van der Waals surface area contributed by atoms with E-state index in [2.05, 4.69) is 10.4 Å². The molecule has 7 heteroatoms. The Labute approximate surface area is 146 Å². The van der Waals surface area contributed by atoms with E-state index in [0.717, 1.165) is 6.42 Å². The van der Waals surface area contributed by atoms with Crippen LogP contribution in [0.1, 0.15) is 30.8 Å². The molecule has 24 heavy (non-hydrogen) atoms. The molecular weight excluding hydrogens is 330 g/mol. The number of aromatic nitrogens is 2. The molecule has 0 fully saturated rings. The van der Waals surface area contributed by atoms with Gasteiger partial charge in [0.05, 0.1) is 6.10 Å². The molecule has 1 heterocycles. The molecule has 0 spiro atoms. The summed E-state index contributed by atoms with van der Waals surface area (Å²) >= 11 is 5.82. The van der Waals surface area contributed by atoms with Gasteiger partial charge in [0.15, 0.2) is 6.73 Å². The SMILES string of the molecule is CC(C)OCCCNC(=O)c1ccn(COc2ccc(Cl)cc2)n1. The maximum absolute atomic E-state index is 12.0. The number of halogens is 1. The molecule has 1 amide bonds. The molecule has 0 unspecified atom stereocenters. The zero-order valence-corrected chi connectivity index (χ0v) is 14.6. The Hall–Kier alpha value is -2.05. The predicted molar refractivity (Wildman–Crippen MR) is 92.3 cm³/mol. The number of nitrogens with zero attached hydrogens (tertiary/aromatic N) is 2. The van der Waals surface area contributed by atoms with Gasteiger partial charge < -0.3 is 14.8 Å². The molecule has 130 valence electrons. The van der Waals surface area contributed by atoms with Crippen molar-refractivity contribution in [2.75, 3.05) is 13.2 Å². The molecular formula is C17H22ClN3O3. The van der Waals surface area contributed by atoms with Crippen molar-refractivity contribution in [3.63, 3.8) is 0 Å². The summed E-state index contributed by atoms with van der Waals surface area (Å²) in [7, 11) is 0. The highest BCUT2D eigenvalue weighted by molar-refractivity contribution is 6.30. The van der Waals surface area contributed by atoms with E-state index >= 15 is 0 Å². The zero-order chi connectivity index (χ0) is 17.4. The van der Waals surface area contributed by atoms with Crippen molar-refractivity contribution in [2.45, 2.75) is 33.1 Å². The Kier molecular flexibility index (Phi) is 7.08. The third kappa shape index (κ3) is 6.22. The molecule has 2 rings (SSSR count). The molecule has 0 radical (unpaired) electrons. The lowest BCUT2D eigenvalue weighted by Gasteiger charge is -2.07. The number of carbonyl (C=O) groups excluding carboxylic acids is 1. The summed E-state index contributed by atoms with van der Waals surface area (Å²) in [6.45, 7) is 5.37. The summed E-state index contributed by atoms with van der Waals surface area (Å²) in [6, 6.07) is 8.71. The third-order valence-electron chi connectivity index (χ3n) is 3.11. The first-order valence-electron chi connectivity index (χ1n) is 7.86. The highest BCUT2D eigenvalue weighted by Crippen LogP contribution is 2.15. The maximum atomic E-state index is 12.0. The van der Waals surface area contributed by atoms with Crippen molar-refractivity contribution in [2.24, 2.45) is 0 Å². The van der Waals surface area contributed by atoms with Gasteiger partial charge in [-0.3, -0.25) is 4.79 Å². The Morgan fingerprint density at radius 1 is 1.29 bits per heavy atom. The van der Waals surface area contributed by atoms with Gasteiger partial charge in [-0.2, -0.15) is 5.10 Å². The van der Waals surface area contributed by atoms with Crippen LogP contribution >= 0.6 is 11.6 Å². The Morgan fingerprint density at radius 3 is 2.75 bits per heavy atom. The lowest BCUT2D eigenvalue weighted by Crippen LogP contribution is -2.26. The van der Waals surface area contributed by atoms with E-state index in [-0.39, 0.29) is 18.7 Å². The number of nitrogens with one attached hydrogen (secondary N) is 1. The average Bonchev–Trinajstić information content (AvgIpc) is 3.02. The van der Waals surface area contributed by atoms with Gasteiger partial charge in [0.25, 0.3) is 5.91 Å². The summed E-state index contributed by atoms with van der Waals surface area (Å²) in [6.07, 6.45) is 2.67. The summed E-state index contributed by atoms with van der Waals surface area (Å²) in [4.78, 5) is 12.0. The second-order valence-corrected chi connectivity index (χ2v) is 5.93. The van der Waals surface area contributed by atoms with Gasteiger partial charge in [-0.05, 0) is 50.6 Å². The molecule has 0 aliphatic rings. The van der Waals surface area contributed by atoms with Crippen molar-refractivity contribution in [1.29, 1.82) is 0 Å². The van der Waals surface area contributed by atoms with Crippen molar-refractivity contribution in [3.8, 4) is 5.75 Å². The fourth-order valence-electron chi connectivity index (χ4n) is 1.91. The first-order chi connectivity index (χ1) is 11.5. The minimum Gasteiger partial charge on any atom is -0.471 e. The molecule has 0 saturated carbocycles. The molecule has 2 aromatic rings. The molecule has 0 bridgehead atoms. The summed E-state index contributed by atoms with van der Waals surface area (Å²) in [5.74, 6) is 0.482. The highest BCUT2D eigenvalue weighted by Gasteiger charge is 2.09. The molecule has 1 aromatic heterocycles. The highest BCUT2D eigenvalue weighted by atomic mass is 35.5. The molecule has 0 aliphatic heterocycles. The number of benzene rings is 1. The van der Waals surface area contributed by atoms with Gasteiger partial charge in [0, 0.05) is 24.4 Å². The van der Waals surface area contributed by atoms with E-state index < -0.39 is 0 Å². The van der Waals surface area contributed by atoms with Gasteiger partial charge in [-0.15, -0.1) is 0 Å². The molecule has 1 N–H and O–H groups in total. The zero-order valence-electron chi connectivity index (χ0n) is 13.9. The van der Waals surface area contributed by atoms with Crippen LogP contribution in [-0.4, -0.2) is 34.9 Å². The van der Waals surface area contributed by atoms with Crippen LogP contribution < -0.4 is 10.1 Å². The monoisotopic (exact) mass is 351 g/mol. The maximum Gasteiger partial charge on any atom is 0.271 e. The van der Waals surface area contributed by atoms with Crippen molar-refractivity contribution in [3.05, 3.63) is 47.2 Å². The lowest BCUT2D eigenvalue weighted by molar-refractivity contribution is 0.0756. The van der Waals surface area contributed by atoms with Gasteiger partial charge in [-0.1, -0.05) is 11.6 Å². The normalized spacial score (nSPS) is 10.8. The summed E-state index contributed by atoms with van der Waals surface area (Å²) < 4.78 is 12.5. The largest absolute Gasteiger partial charge is 0.471 e. The molecule has 0 aliphatic carbocycles. The van der Waals surface area contributed by atoms with E-state index in [1.807, 2.05) is 13.8 Å². The van der Waals surface area contributed by atoms with Gasteiger partial charge in [0.1, 0.15) is 11.4 Å². The van der Waals surface area contributed by atoms with Gasteiger partial charge in [0.2, 0.25) is 0 Å². The first kappa shape index (κ1) is 18.3. The average molecular weight is 352 g/mol. The quantitative estimate of drug-likeness (QED) is 0.705. The smallest absolute Gasteiger partial charge is 0.271 e. The molecule has 1 aromatic carbocycles. The van der Waals surface area contributed by atoms with Crippen LogP contribution in [0.25, 0.3) is 0 Å². The Morgan fingerprint density at radius 2 is 2.04 bits per heavy atom. The fourth-order valence-corrected chi connectivity index (χ4v) is 2.04. The first-order valence-corrected chi connectivity index (χ1v) is 8.24. The van der Waals surface area contributed by atoms with Crippen LogP contribution in [0.3, 0.4) is 0 Å². The van der Waals surface area contributed by atoms with E-state index in [9.17, 15) is 4.79 Å². The molecule has 0 atom stereocenters. The molecule has 6 nitrogen and oxygen atoms in total. The third-order valence-corrected chi connectivity index (χ3v) is 3.36. The van der Waals surface area contributed by atoms with Crippen LogP contribution in [0.5, 0.6) is 5.75 Å². The molecule has 0 saturated heterocycles. The lowest BCUT2D eigenvalue weighted by atomic mass is 10.3. The van der Waals surface area contributed by atoms with E-state index in [1.165, 1.54) is 0 Å². The van der Waals surface area contributed by atoms with Crippen LogP contribution in [0.2, 0.25) is 5.02 Å². The number of hydrogen-bond acceptors (Lipinski definition) is 4. The number of rotatable bonds is 9. The van der Waals surface area contributed by atoms with Crippen molar-refractivity contribution in [1.82, 2.24) is 15.1 Å². The second-order valence-electron chi connectivity index (χ2n) is 5.50. The van der Waals surface area contributed by atoms with E-state index in [1.54, 1.807) is 41.2 Å². The van der Waals surface area contributed by atoms with Crippen molar-refractivity contribution < 1.29 is 14.3 Å². The number of ether oxygens (including phenoxy) is 2. The minimum absolute atomic E-state index is 0.204. The fraction of sp³-hybridized carbons (Fsp3) is 0.412. The van der Waals surface area contributed by atoms with Crippen LogP contribution in [0.4, 0.5) is 0 Å². The van der Waals surface area contributed by atoms with Gasteiger partial charge in [-0.25, -0.2) is 4.68 Å². The second kappa shape index (κ2) is 9.30. The van der Waals surface area contributed by atoms with Gasteiger partial charge >= 0.3 is 0 Å². The predicted octanol–water partition coefficient (Wildman–Crippen LogP) is 3.12. The van der Waals surface area contributed by atoms with Crippen LogP contribution in [-0.2, 0) is 11.5 Å². The van der Waals surface area contributed by atoms with E-state index in [0.29, 0.717) is 29.6 Å². The van der Waals surface area contributed by atoms with Crippen molar-refractivity contribution >= 4 is 17.5 Å². The van der Waals surface area contributed by atoms with Crippen LogP contribution in [0.15, 0.2) is 36.5 Å².